The lowest BCUT2D eigenvalue weighted by Crippen LogP contribution is -2.43. The predicted octanol–water partition coefficient (Wildman–Crippen LogP) is 2.47. The first-order valence-corrected chi connectivity index (χ1v) is 7.42. The highest BCUT2D eigenvalue weighted by Crippen LogP contribution is 2.05. The molecule has 2 amide bonds. The van der Waals surface area contributed by atoms with Crippen molar-refractivity contribution in [3.05, 3.63) is 35.9 Å². The van der Waals surface area contributed by atoms with Crippen molar-refractivity contribution in [2.45, 2.75) is 51.7 Å². The van der Waals surface area contributed by atoms with E-state index in [2.05, 4.69) is 29.7 Å². The number of aliphatic hydroxyl groups excluding tert-OH is 1. The predicted molar refractivity (Wildman–Crippen MR) is 81.7 cm³/mol. The number of benzene rings is 1. The Labute approximate surface area is 121 Å². The van der Waals surface area contributed by atoms with Crippen LogP contribution < -0.4 is 10.6 Å². The van der Waals surface area contributed by atoms with Crippen LogP contribution in [-0.2, 0) is 6.42 Å². The molecule has 0 aliphatic rings. The van der Waals surface area contributed by atoms with Gasteiger partial charge in [0.15, 0.2) is 0 Å². The molecule has 3 N–H and O–H groups in total. The fraction of sp³-hybridized carbons (Fsp3) is 0.562. The summed E-state index contributed by atoms with van der Waals surface area (Å²) in [7, 11) is 0. The highest BCUT2D eigenvalue weighted by atomic mass is 16.3. The summed E-state index contributed by atoms with van der Waals surface area (Å²) in [6.07, 6.45) is 2.71. The first-order valence-electron chi connectivity index (χ1n) is 7.42. The summed E-state index contributed by atoms with van der Waals surface area (Å²) >= 11 is 0. The molecule has 20 heavy (non-hydrogen) atoms. The van der Waals surface area contributed by atoms with Gasteiger partial charge in [0.05, 0.1) is 6.10 Å². The number of carbonyl (C=O) groups is 1. The van der Waals surface area contributed by atoms with E-state index in [0.29, 0.717) is 13.0 Å². The zero-order chi connectivity index (χ0) is 14.8. The van der Waals surface area contributed by atoms with Gasteiger partial charge in [-0.3, -0.25) is 0 Å². The zero-order valence-electron chi connectivity index (χ0n) is 12.4. The molecule has 0 aromatic heterocycles. The van der Waals surface area contributed by atoms with Crippen LogP contribution in [0, 0.1) is 0 Å². The van der Waals surface area contributed by atoms with Gasteiger partial charge in [0.2, 0.25) is 0 Å². The van der Waals surface area contributed by atoms with Crippen LogP contribution in [0.2, 0.25) is 0 Å². The van der Waals surface area contributed by atoms with Gasteiger partial charge in [-0.2, -0.15) is 0 Å². The first kappa shape index (κ1) is 16.5. The minimum atomic E-state index is -0.332. The smallest absolute Gasteiger partial charge is 0.315 e. The lowest BCUT2D eigenvalue weighted by atomic mass is 10.0. The lowest BCUT2D eigenvalue weighted by molar-refractivity contribution is 0.160. The number of urea groups is 1. The molecule has 1 rings (SSSR count). The standard InChI is InChI=1S/C16H26N2O2/c1-3-14(12-13-8-6-5-7-9-13)18-16(20)17-11-10-15(19)4-2/h5-9,14-15,19H,3-4,10-12H2,1-2H3,(H2,17,18,20). The number of aliphatic hydroxyl groups is 1. The molecule has 0 radical (unpaired) electrons. The molecule has 4 heteroatoms. The molecule has 0 saturated carbocycles. The van der Waals surface area contributed by atoms with E-state index in [0.717, 1.165) is 19.3 Å². The number of amides is 2. The van der Waals surface area contributed by atoms with Gasteiger partial charge in [-0.25, -0.2) is 4.79 Å². The van der Waals surface area contributed by atoms with Crippen molar-refractivity contribution >= 4 is 6.03 Å². The van der Waals surface area contributed by atoms with Gasteiger partial charge in [-0.1, -0.05) is 44.2 Å². The molecular weight excluding hydrogens is 252 g/mol. The number of hydrogen-bond acceptors (Lipinski definition) is 2. The molecule has 0 heterocycles. The maximum absolute atomic E-state index is 11.8. The van der Waals surface area contributed by atoms with E-state index in [1.54, 1.807) is 0 Å². The van der Waals surface area contributed by atoms with Gasteiger partial charge >= 0.3 is 6.03 Å². The average Bonchev–Trinajstić information content (AvgIpc) is 2.47. The Kier molecular flexibility index (Phi) is 7.73. The second-order valence-electron chi connectivity index (χ2n) is 5.05. The van der Waals surface area contributed by atoms with Crippen molar-refractivity contribution in [1.82, 2.24) is 10.6 Å². The van der Waals surface area contributed by atoms with E-state index in [9.17, 15) is 9.90 Å². The first-order chi connectivity index (χ1) is 9.65. The molecular formula is C16H26N2O2. The van der Waals surface area contributed by atoms with Gasteiger partial charge in [0.1, 0.15) is 0 Å². The van der Waals surface area contributed by atoms with Crippen molar-refractivity contribution < 1.29 is 9.90 Å². The molecule has 1 aromatic rings. The minimum Gasteiger partial charge on any atom is -0.393 e. The third-order valence-electron chi connectivity index (χ3n) is 3.39. The molecule has 0 spiro atoms. The average molecular weight is 278 g/mol. The van der Waals surface area contributed by atoms with Crippen LogP contribution in [0.4, 0.5) is 4.79 Å². The highest BCUT2D eigenvalue weighted by Gasteiger charge is 2.11. The molecule has 4 nitrogen and oxygen atoms in total. The SMILES string of the molecule is CCC(O)CCNC(=O)NC(CC)Cc1ccccc1. The summed E-state index contributed by atoms with van der Waals surface area (Å²) in [5.74, 6) is 0. The quantitative estimate of drug-likeness (QED) is 0.684. The number of hydrogen-bond donors (Lipinski definition) is 3. The van der Waals surface area contributed by atoms with Gasteiger partial charge in [-0.05, 0) is 31.2 Å². The van der Waals surface area contributed by atoms with E-state index >= 15 is 0 Å². The maximum Gasteiger partial charge on any atom is 0.315 e. The van der Waals surface area contributed by atoms with E-state index in [1.807, 2.05) is 25.1 Å². The second kappa shape index (κ2) is 9.37. The molecule has 0 aliphatic carbocycles. The minimum absolute atomic E-state index is 0.133. The van der Waals surface area contributed by atoms with Gasteiger partial charge < -0.3 is 15.7 Å². The summed E-state index contributed by atoms with van der Waals surface area (Å²) in [5.41, 5.74) is 1.22. The van der Waals surface area contributed by atoms with Crippen LogP contribution in [0.1, 0.15) is 38.7 Å². The van der Waals surface area contributed by atoms with Crippen LogP contribution in [0.5, 0.6) is 0 Å². The Morgan fingerprint density at radius 1 is 1.20 bits per heavy atom. The van der Waals surface area contributed by atoms with E-state index in [1.165, 1.54) is 5.56 Å². The van der Waals surface area contributed by atoms with Crippen molar-refractivity contribution in [1.29, 1.82) is 0 Å². The molecule has 112 valence electrons. The summed E-state index contributed by atoms with van der Waals surface area (Å²) in [6.45, 7) is 4.50. The molecule has 0 saturated heterocycles. The van der Waals surface area contributed by atoms with Gasteiger partial charge in [0.25, 0.3) is 0 Å². The lowest BCUT2D eigenvalue weighted by Gasteiger charge is -2.18. The van der Waals surface area contributed by atoms with E-state index < -0.39 is 0 Å². The Bertz CT molecular complexity index is 381. The van der Waals surface area contributed by atoms with Crippen LogP contribution in [0.25, 0.3) is 0 Å². The molecule has 2 unspecified atom stereocenters. The van der Waals surface area contributed by atoms with Crippen molar-refractivity contribution in [3.63, 3.8) is 0 Å². The van der Waals surface area contributed by atoms with Crippen molar-refractivity contribution in [2.24, 2.45) is 0 Å². The topological polar surface area (TPSA) is 61.4 Å². The Hall–Kier alpha value is -1.55. The van der Waals surface area contributed by atoms with Crippen molar-refractivity contribution in [3.8, 4) is 0 Å². The Morgan fingerprint density at radius 2 is 1.90 bits per heavy atom. The van der Waals surface area contributed by atoms with Crippen molar-refractivity contribution in [2.75, 3.05) is 6.54 Å². The maximum atomic E-state index is 11.8. The second-order valence-corrected chi connectivity index (χ2v) is 5.05. The zero-order valence-corrected chi connectivity index (χ0v) is 12.4. The molecule has 0 fully saturated rings. The van der Waals surface area contributed by atoms with Gasteiger partial charge in [-0.15, -0.1) is 0 Å². The fourth-order valence-electron chi connectivity index (χ4n) is 1.99. The van der Waals surface area contributed by atoms with E-state index in [4.69, 9.17) is 0 Å². The van der Waals surface area contributed by atoms with Crippen LogP contribution in [-0.4, -0.2) is 29.8 Å². The highest BCUT2D eigenvalue weighted by molar-refractivity contribution is 5.74. The third-order valence-corrected chi connectivity index (χ3v) is 3.39. The summed E-state index contributed by atoms with van der Waals surface area (Å²) < 4.78 is 0. The summed E-state index contributed by atoms with van der Waals surface area (Å²) in [5, 5.41) is 15.2. The number of nitrogens with one attached hydrogen (secondary N) is 2. The number of rotatable bonds is 8. The Balaban J connectivity index is 2.31. The Morgan fingerprint density at radius 3 is 2.50 bits per heavy atom. The van der Waals surface area contributed by atoms with Crippen LogP contribution in [0.15, 0.2) is 30.3 Å². The monoisotopic (exact) mass is 278 g/mol. The fourth-order valence-corrected chi connectivity index (χ4v) is 1.99. The molecule has 0 bridgehead atoms. The van der Waals surface area contributed by atoms with Crippen LogP contribution in [0.3, 0.4) is 0 Å². The molecule has 2 atom stereocenters. The summed E-state index contributed by atoms with van der Waals surface area (Å²) in [4.78, 5) is 11.8. The van der Waals surface area contributed by atoms with Gasteiger partial charge in [0, 0.05) is 12.6 Å². The largest absolute Gasteiger partial charge is 0.393 e. The summed E-state index contributed by atoms with van der Waals surface area (Å²) in [6, 6.07) is 10.1. The van der Waals surface area contributed by atoms with E-state index in [-0.39, 0.29) is 18.2 Å². The van der Waals surface area contributed by atoms with Crippen LogP contribution >= 0.6 is 0 Å². The molecule has 0 aliphatic heterocycles. The third kappa shape index (κ3) is 6.57. The molecule has 1 aromatic carbocycles. The number of carbonyl (C=O) groups excluding carboxylic acids is 1. The normalized spacial score (nSPS) is 13.6.